The minimum Gasteiger partial charge on any atom is -0.368 e. The summed E-state index contributed by atoms with van der Waals surface area (Å²) in [6.07, 6.45) is 6.51. The van der Waals surface area contributed by atoms with Crippen LogP contribution < -0.4 is 9.80 Å². The van der Waals surface area contributed by atoms with Gasteiger partial charge >= 0.3 is 0 Å². The smallest absolute Gasteiger partial charge is 0.292 e. The van der Waals surface area contributed by atoms with Crippen molar-refractivity contribution >= 4 is 52.2 Å². The number of benzene rings is 2. The average Bonchev–Trinajstić information content (AvgIpc) is 2.83. The SMILES string of the molecule is O=C(/C=C/c1ccc(Cl)cc1Cl)N1CCN(c2ccc([N+](=O)[O-])c(N3CCCCC3)c2)CC1. The minimum absolute atomic E-state index is 0.0710. The highest BCUT2D eigenvalue weighted by atomic mass is 35.5. The number of hydrogen-bond donors (Lipinski definition) is 0. The molecular weight excluding hydrogens is 463 g/mol. The second-order valence-corrected chi connectivity index (χ2v) is 9.13. The van der Waals surface area contributed by atoms with Crippen molar-refractivity contribution in [2.24, 2.45) is 0 Å². The third kappa shape index (κ3) is 5.60. The number of anilines is 2. The van der Waals surface area contributed by atoms with Gasteiger partial charge in [0.25, 0.3) is 5.69 Å². The van der Waals surface area contributed by atoms with Crippen molar-refractivity contribution in [3.05, 3.63) is 68.2 Å². The molecule has 0 aliphatic carbocycles. The summed E-state index contributed by atoms with van der Waals surface area (Å²) >= 11 is 12.1. The minimum atomic E-state index is -0.302. The Morgan fingerprint density at radius 3 is 2.30 bits per heavy atom. The topological polar surface area (TPSA) is 69.9 Å². The highest BCUT2D eigenvalue weighted by Gasteiger charge is 2.25. The first-order chi connectivity index (χ1) is 15.9. The average molecular weight is 489 g/mol. The van der Waals surface area contributed by atoms with Crippen LogP contribution in [0.3, 0.4) is 0 Å². The van der Waals surface area contributed by atoms with E-state index in [0.717, 1.165) is 37.2 Å². The Kier molecular flexibility index (Phi) is 7.40. The van der Waals surface area contributed by atoms with Crippen molar-refractivity contribution in [1.29, 1.82) is 0 Å². The van der Waals surface area contributed by atoms with Gasteiger partial charge in [-0.15, -0.1) is 0 Å². The summed E-state index contributed by atoms with van der Waals surface area (Å²) in [5, 5.41) is 12.6. The molecule has 7 nitrogen and oxygen atoms in total. The lowest BCUT2D eigenvalue weighted by Gasteiger charge is -2.36. The third-order valence-corrected chi connectivity index (χ3v) is 6.74. The molecule has 174 valence electrons. The van der Waals surface area contributed by atoms with Gasteiger partial charge in [-0.05, 0) is 55.2 Å². The van der Waals surface area contributed by atoms with Crippen LogP contribution in [0.2, 0.25) is 10.0 Å². The first-order valence-corrected chi connectivity index (χ1v) is 11.9. The van der Waals surface area contributed by atoms with Gasteiger partial charge in [0, 0.05) is 67.1 Å². The number of rotatable bonds is 5. The van der Waals surface area contributed by atoms with Crippen molar-refractivity contribution in [3.63, 3.8) is 0 Å². The predicted molar refractivity (Wildman–Crippen MR) is 133 cm³/mol. The molecule has 9 heteroatoms. The van der Waals surface area contributed by atoms with E-state index in [1.807, 2.05) is 12.1 Å². The molecule has 33 heavy (non-hydrogen) atoms. The molecule has 2 aromatic carbocycles. The lowest BCUT2D eigenvalue weighted by atomic mass is 10.1. The summed E-state index contributed by atoms with van der Waals surface area (Å²) in [5.74, 6) is -0.0710. The zero-order valence-electron chi connectivity index (χ0n) is 18.3. The van der Waals surface area contributed by atoms with Crippen LogP contribution in [0, 0.1) is 10.1 Å². The third-order valence-electron chi connectivity index (χ3n) is 6.18. The number of piperidine rings is 1. The van der Waals surface area contributed by atoms with Gasteiger partial charge in [-0.25, -0.2) is 0 Å². The molecule has 1 amide bonds. The van der Waals surface area contributed by atoms with Gasteiger partial charge < -0.3 is 14.7 Å². The molecule has 0 atom stereocenters. The Morgan fingerprint density at radius 1 is 0.909 bits per heavy atom. The number of carbonyl (C=O) groups is 1. The molecule has 2 heterocycles. The van der Waals surface area contributed by atoms with Gasteiger partial charge in [0.1, 0.15) is 5.69 Å². The zero-order valence-corrected chi connectivity index (χ0v) is 19.8. The summed E-state index contributed by atoms with van der Waals surface area (Å²) in [6, 6.07) is 10.5. The van der Waals surface area contributed by atoms with Crippen LogP contribution in [0.15, 0.2) is 42.5 Å². The maximum absolute atomic E-state index is 12.6. The molecule has 0 spiro atoms. The lowest BCUT2D eigenvalue weighted by Crippen LogP contribution is -2.48. The van der Waals surface area contributed by atoms with Crippen LogP contribution in [-0.4, -0.2) is 55.0 Å². The number of halogens is 2. The lowest BCUT2D eigenvalue weighted by molar-refractivity contribution is -0.384. The summed E-state index contributed by atoms with van der Waals surface area (Å²) in [4.78, 5) is 30.0. The second-order valence-electron chi connectivity index (χ2n) is 8.29. The van der Waals surface area contributed by atoms with Crippen LogP contribution in [0.25, 0.3) is 6.08 Å². The number of piperazine rings is 1. The Bertz CT molecular complexity index is 1060. The second kappa shape index (κ2) is 10.4. The van der Waals surface area contributed by atoms with E-state index in [1.54, 1.807) is 35.2 Å². The van der Waals surface area contributed by atoms with Gasteiger partial charge in [0.15, 0.2) is 0 Å². The highest BCUT2D eigenvalue weighted by molar-refractivity contribution is 6.35. The Balaban J connectivity index is 1.41. The number of amides is 1. The standard InChI is InChI=1S/C24H26Cl2N4O3/c25-19-6-4-18(21(26)16-19)5-9-24(31)29-14-12-27(13-15-29)20-7-8-22(30(32)33)23(17-20)28-10-2-1-3-11-28/h4-9,16-17H,1-3,10-15H2/b9-5+. The number of nitrogens with zero attached hydrogens (tertiary/aromatic N) is 4. The quantitative estimate of drug-likeness (QED) is 0.326. The van der Waals surface area contributed by atoms with Gasteiger partial charge in [-0.1, -0.05) is 29.3 Å². The maximum Gasteiger partial charge on any atom is 0.292 e. The van der Waals surface area contributed by atoms with E-state index >= 15 is 0 Å². The number of carbonyl (C=O) groups excluding carboxylic acids is 1. The van der Waals surface area contributed by atoms with E-state index in [2.05, 4.69) is 9.80 Å². The van der Waals surface area contributed by atoms with Crippen molar-refractivity contribution in [1.82, 2.24) is 4.90 Å². The molecule has 0 bridgehead atoms. The molecule has 2 aliphatic rings. The summed E-state index contributed by atoms with van der Waals surface area (Å²) in [6.45, 7) is 4.17. The number of hydrogen-bond acceptors (Lipinski definition) is 5. The molecule has 2 fully saturated rings. The molecule has 0 radical (unpaired) electrons. The fourth-order valence-electron chi connectivity index (χ4n) is 4.34. The normalized spacial score (nSPS) is 17.0. The van der Waals surface area contributed by atoms with Crippen molar-refractivity contribution in [3.8, 4) is 0 Å². The first kappa shape index (κ1) is 23.4. The molecule has 0 aromatic heterocycles. The fraction of sp³-hybridized carbons (Fsp3) is 0.375. The van der Waals surface area contributed by atoms with Crippen LogP contribution in [0.1, 0.15) is 24.8 Å². The largest absolute Gasteiger partial charge is 0.368 e. The molecule has 0 unspecified atom stereocenters. The van der Waals surface area contributed by atoms with E-state index in [1.165, 1.54) is 12.5 Å². The van der Waals surface area contributed by atoms with Crippen molar-refractivity contribution in [2.45, 2.75) is 19.3 Å². The van der Waals surface area contributed by atoms with Crippen LogP contribution in [0.5, 0.6) is 0 Å². The van der Waals surface area contributed by atoms with Gasteiger partial charge in [0.2, 0.25) is 5.91 Å². The van der Waals surface area contributed by atoms with E-state index in [9.17, 15) is 14.9 Å². The van der Waals surface area contributed by atoms with E-state index < -0.39 is 0 Å². The van der Waals surface area contributed by atoms with E-state index in [-0.39, 0.29) is 16.5 Å². The van der Waals surface area contributed by atoms with Gasteiger partial charge in [-0.2, -0.15) is 0 Å². The van der Waals surface area contributed by atoms with Gasteiger partial charge in [0.05, 0.1) is 4.92 Å². The summed E-state index contributed by atoms with van der Waals surface area (Å²) < 4.78 is 0. The van der Waals surface area contributed by atoms with Crippen LogP contribution >= 0.6 is 23.2 Å². The van der Waals surface area contributed by atoms with Crippen LogP contribution in [-0.2, 0) is 4.79 Å². The monoisotopic (exact) mass is 488 g/mol. The van der Waals surface area contributed by atoms with E-state index in [4.69, 9.17) is 23.2 Å². The van der Waals surface area contributed by atoms with Crippen molar-refractivity contribution in [2.75, 3.05) is 49.1 Å². The Labute approximate surface area is 203 Å². The molecule has 2 aliphatic heterocycles. The molecule has 0 N–H and O–H groups in total. The van der Waals surface area contributed by atoms with Crippen molar-refractivity contribution < 1.29 is 9.72 Å². The fourth-order valence-corrected chi connectivity index (χ4v) is 4.81. The number of nitro benzene ring substituents is 1. The Hall–Kier alpha value is -2.77. The first-order valence-electron chi connectivity index (χ1n) is 11.1. The maximum atomic E-state index is 12.6. The molecule has 2 saturated heterocycles. The summed E-state index contributed by atoms with van der Waals surface area (Å²) in [7, 11) is 0. The predicted octanol–water partition coefficient (Wildman–Crippen LogP) is 5.25. The number of nitro groups is 1. The molecule has 4 rings (SSSR count). The summed E-state index contributed by atoms with van der Waals surface area (Å²) in [5.41, 5.74) is 2.54. The van der Waals surface area contributed by atoms with E-state index in [0.29, 0.717) is 41.9 Å². The molecule has 0 saturated carbocycles. The molecular formula is C24H26Cl2N4O3. The Morgan fingerprint density at radius 2 is 1.64 bits per heavy atom. The molecule has 2 aromatic rings. The van der Waals surface area contributed by atoms with Crippen LogP contribution in [0.4, 0.5) is 17.1 Å². The highest BCUT2D eigenvalue weighted by Crippen LogP contribution is 2.34. The zero-order chi connectivity index (χ0) is 23.4. The van der Waals surface area contributed by atoms with Gasteiger partial charge in [-0.3, -0.25) is 14.9 Å².